The zero-order valence-corrected chi connectivity index (χ0v) is 16.3. The van der Waals surface area contributed by atoms with Crippen molar-refractivity contribution in [1.29, 1.82) is 0 Å². The number of aliphatic hydroxyl groups is 3. The molecule has 1 heterocycles. The molecule has 0 aliphatic heterocycles. The molecule has 150 valence electrons. The fourth-order valence-electron chi connectivity index (χ4n) is 3.55. The van der Waals surface area contributed by atoms with Gasteiger partial charge in [0.25, 0.3) is 0 Å². The minimum absolute atomic E-state index is 0.0870. The Morgan fingerprint density at radius 1 is 1.30 bits per heavy atom. The Morgan fingerprint density at radius 2 is 2.11 bits per heavy atom. The van der Waals surface area contributed by atoms with E-state index in [1.54, 1.807) is 17.4 Å². The monoisotopic (exact) mass is 394 g/mol. The van der Waals surface area contributed by atoms with Crippen LogP contribution in [0.1, 0.15) is 44.1 Å². The highest BCUT2D eigenvalue weighted by atomic mass is 32.1. The summed E-state index contributed by atoms with van der Waals surface area (Å²) in [7, 11) is 0. The Labute approximate surface area is 164 Å². The molecular formula is C21H30O5S. The van der Waals surface area contributed by atoms with Crippen LogP contribution < -0.4 is 0 Å². The average Bonchev–Trinajstić information content (AvgIpc) is 3.22. The molecule has 1 aromatic heterocycles. The summed E-state index contributed by atoms with van der Waals surface area (Å²) in [4.78, 5) is 10.5. The van der Waals surface area contributed by atoms with Gasteiger partial charge in [-0.25, -0.2) is 0 Å². The molecule has 0 amide bonds. The van der Waals surface area contributed by atoms with E-state index in [9.17, 15) is 20.1 Å². The summed E-state index contributed by atoms with van der Waals surface area (Å²) in [5.74, 6) is -1.06. The highest BCUT2D eigenvalue weighted by molar-refractivity contribution is 7.07. The van der Waals surface area contributed by atoms with E-state index in [1.165, 1.54) is 5.56 Å². The van der Waals surface area contributed by atoms with Crippen LogP contribution in [0, 0.1) is 11.8 Å². The van der Waals surface area contributed by atoms with E-state index in [0.717, 1.165) is 6.42 Å². The molecule has 4 N–H and O–H groups in total. The van der Waals surface area contributed by atoms with Gasteiger partial charge in [-0.15, -0.1) is 0 Å². The third-order valence-electron chi connectivity index (χ3n) is 5.12. The van der Waals surface area contributed by atoms with Crippen LogP contribution in [0.5, 0.6) is 0 Å². The van der Waals surface area contributed by atoms with Crippen LogP contribution in [-0.2, 0) is 11.2 Å². The highest BCUT2D eigenvalue weighted by Gasteiger charge is 2.39. The Balaban J connectivity index is 1.81. The van der Waals surface area contributed by atoms with E-state index in [0.29, 0.717) is 32.1 Å². The second-order valence-corrected chi connectivity index (χ2v) is 8.01. The summed E-state index contributed by atoms with van der Waals surface area (Å²) < 4.78 is 0. The lowest BCUT2D eigenvalue weighted by Gasteiger charge is -2.19. The van der Waals surface area contributed by atoms with Crippen molar-refractivity contribution in [3.05, 3.63) is 46.7 Å². The van der Waals surface area contributed by atoms with Crippen molar-refractivity contribution in [2.75, 3.05) is 0 Å². The first-order valence-corrected chi connectivity index (χ1v) is 10.5. The molecule has 0 spiro atoms. The molecule has 0 radical (unpaired) electrons. The van der Waals surface area contributed by atoms with Gasteiger partial charge in [-0.2, -0.15) is 11.3 Å². The number of aliphatic carboxylic acids is 1. The molecule has 1 aliphatic rings. The fraction of sp³-hybridized carbons (Fsp3) is 0.571. The molecule has 1 fully saturated rings. The summed E-state index contributed by atoms with van der Waals surface area (Å²) in [5.41, 5.74) is 1.22. The van der Waals surface area contributed by atoms with E-state index in [-0.39, 0.29) is 18.3 Å². The van der Waals surface area contributed by atoms with E-state index < -0.39 is 24.3 Å². The molecule has 1 saturated carbocycles. The quantitative estimate of drug-likeness (QED) is 0.341. The maximum atomic E-state index is 10.5. The topological polar surface area (TPSA) is 98.0 Å². The lowest BCUT2D eigenvalue weighted by atomic mass is 9.89. The average molecular weight is 395 g/mol. The molecule has 6 heteroatoms. The number of thiophene rings is 1. The lowest BCUT2D eigenvalue weighted by Crippen LogP contribution is -2.20. The Morgan fingerprint density at radius 3 is 2.81 bits per heavy atom. The maximum Gasteiger partial charge on any atom is 0.303 e. The van der Waals surface area contributed by atoms with Crippen LogP contribution in [-0.4, -0.2) is 44.7 Å². The van der Waals surface area contributed by atoms with Gasteiger partial charge in [0.1, 0.15) is 0 Å². The molecule has 1 aromatic rings. The van der Waals surface area contributed by atoms with Crippen LogP contribution in [0.2, 0.25) is 0 Å². The molecule has 0 saturated heterocycles. The number of aryl methyl sites for hydroxylation is 1. The first kappa shape index (κ1) is 21.8. The third-order valence-corrected chi connectivity index (χ3v) is 5.85. The van der Waals surface area contributed by atoms with Crippen LogP contribution in [0.3, 0.4) is 0 Å². The van der Waals surface area contributed by atoms with E-state index in [4.69, 9.17) is 5.11 Å². The van der Waals surface area contributed by atoms with Gasteiger partial charge >= 0.3 is 5.97 Å². The first-order chi connectivity index (χ1) is 13.0. The summed E-state index contributed by atoms with van der Waals surface area (Å²) in [6.07, 6.45) is 9.62. The summed E-state index contributed by atoms with van der Waals surface area (Å²) >= 11 is 1.64. The van der Waals surface area contributed by atoms with Crippen molar-refractivity contribution < 1.29 is 25.2 Å². The fourth-order valence-corrected chi connectivity index (χ4v) is 4.25. The summed E-state index contributed by atoms with van der Waals surface area (Å²) in [5, 5.41) is 43.4. The van der Waals surface area contributed by atoms with Gasteiger partial charge in [0, 0.05) is 18.8 Å². The first-order valence-electron chi connectivity index (χ1n) is 9.57. The number of aliphatic hydroxyl groups excluding tert-OH is 3. The molecule has 2 rings (SSSR count). The molecule has 0 unspecified atom stereocenters. The van der Waals surface area contributed by atoms with Crippen LogP contribution in [0.15, 0.2) is 41.1 Å². The number of carbonyl (C=O) groups is 1. The SMILES string of the molecule is O=C(O)CCC/C=C\C[C@@H]1[C@@H](/C=C/[C@H](O)CCc2ccsc2)[C@H](O)C[C@@H]1O. The Bertz CT molecular complexity index is 610. The number of allylic oxidation sites excluding steroid dienone is 2. The zero-order valence-electron chi connectivity index (χ0n) is 15.5. The van der Waals surface area contributed by atoms with Gasteiger partial charge in [0.05, 0.1) is 18.3 Å². The second kappa shape index (κ2) is 11.4. The summed E-state index contributed by atoms with van der Waals surface area (Å²) in [6, 6.07) is 2.05. The van der Waals surface area contributed by atoms with Crippen molar-refractivity contribution in [3.8, 4) is 0 Å². The number of hydrogen-bond donors (Lipinski definition) is 4. The van der Waals surface area contributed by atoms with E-state index in [2.05, 4.69) is 11.4 Å². The van der Waals surface area contributed by atoms with Crippen molar-refractivity contribution in [3.63, 3.8) is 0 Å². The van der Waals surface area contributed by atoms with Crippen LogP contribution in [0.25, 0.3) is 0 Å². The van der Waals surface area contributed by atoms with Gasteiger partial charge < -0.3 is 20.4 Å². The standard InChI is InChI=1S/C21H30O5S/c22-16(8-7-15-11-12-27-14-15)9-10-18-17(19(23)13-20(18)24)5-3-1-2-4-6-21(25)26/h1,3,9-12,14,16-20,22-24H,2,4-8,13H2,(H,25,26)/b3-1-,10-9+/t16-,17-,18-,19+,20-/m1/s1. The predicted molar refractivity (Wildman–Crippen MR) is 107 cm³/mol. The Hall–Kier alpha value is -1.47. The molecule has 0 bridgehead atoms. The van der Waals surface area contributed by atoms with Gasteiger partial charge in [-0.3, -0.25) is 4.79 Å². The highest BCUT2D eigenvalue weighted by Crippen LogP contribution is 2.36. The molecule has 0 aromatic carbocycles. The van der Waals surface area contributed by atoms with Gasteiger partial charge in [-0.1, -0.05) is 24.3 Å². The maximum absolute atomic E-state index is 10.5. The number of hydrogen-bond acceptors (Lipinski definition) is 5. The zero-order chi connectivity index (χ0) is 19.6. The van der Waals surface area contributed by atoms with Crippen molar-refractivity contribution >= 4 is 17.3 Å². The largest absolute Gasteiger partial charge is 0.481 e. The minimum Gasteiger partial charge on any atom is -0.481 e. The van der Waals surface area contributed by atoms with Crippen molar-refractivity contribution in [2.45, 2.75) is 63.3 Å². The summed E-state index contributed by atoms with van der Waals surface area (Å²) in [6.45, 7) is 0. The molecule has 27 heavy (non-hydrogen) atoms. The van der Waals surface area contributed by atoms with Crippen LogP contribution in [0.4, 0.5) is 0 Å². The van der Waals surface area contributed by atoms with Crippen molar-refractivity contribution in [1.82, 2.24) is 0 Å². The molecule has 1 aliphatic carbocycles. The normalized spacial score (nSPS) is 26.9. The number of unbranched alkanes of at least 4 members (excludes halogenated alkanes) is 1. The smallest absolute Gasteiger partial charge is 0.303 e. The van der Waals surface area contributed by atoms with Crippen LogP contribution >= 0.6 is 11.3 Å². The van der Waals surface area contributed by atoms with E-state index in [1.807, 2.05) is 23.6 Å². The van der Waals surface area contributed by atoms with Crippen molar-refractivity contribution in [2.24, 2.45) is 11.8 Å². The van der Waals surface area contributed by atoms with Gasteiger partial charge in [-0.05, 0) is 60.4 Å². The van der Waals surface area contributed by atoms with E-state index >= 15 is 0 Å². The number of carboxylic acid groups (broad SMARTS) is 1. The predicted octanol–water partition coefficient (Wildman–Crippen LogP) is 3.16. The van der Waals surface area contributed by atoms with Gasteiger partial charge in [0.2, 0.25) is 0 Å². The molecular weight excluding hydrogens is 364 g/mol. The Kier molecular flexibility index (Phi) is 9.21. The minimum atomic E-state index is -0.791. The molecule has 5 atom stereocenters. The third kappa shape index (κ3) is 7.58. The number of carboxylic acids is 1. The van der Waals surface area contributed by atoms with Gasteiger partial charge in [0.15, 0.2) is 0 Å². The molecule has 5 nitrogen and oxygen atoms in total. The number of rotatable bonds is 11. The lowest BCUT2D eigenvalue weighted by molar-refractivity contribution is -0.137. The second-order valence-electron chi connectivity index (χ2n) is 7.23.